The molecule has 0 aliphatic rings. The lowest BCUT2D eigenvalue weighted by Crippen LogP contribution is -2.01. The van der Waals surface area contributed by atoms with E-state index in [-0.39, 0.29) is 5.78 Å². The normalized spacial score (nSPS) is 11.0. The fourth-order valence-corrected chi connectivity index (χ4v) is 3.50. The second-order valence-electron chi connectivity index (χ2n) is 5.30. The van der Waals surface area contributed by atoms with Gasteiger partial charge < -0.3 is 5.73 Å². The predicted molar refractivity (Wildman–Crippen MR) is 92.5 cm³/mol. The molecule has 0 aliphatic carbocycles. The van der Waals surface area contributed by atoms with E-state index in [1.165, 1.54) is 11.3 Å². The molecule has 0 aliphatic heterocycles. The van der Waals surface area contributed by atoms with Crippen LogP contribution in [0.15, 0.2) is 42.5 Å². The van der Waals surface area contributed by atoms with E-state index >= 15 is 0 Å². The minimum atomic E-state index is -0.0313. The first-order valence-corrected chi connectivity index (χ1v) is 8.30. The van der Waals surface area contributed by atoms with Crippen LogP contribution < -0.4 is 5.73 Å². The Bertz CT molecular complexity index is 809. The number of thiophene rings is 1. The van der Waals surface area contributed by atoms with Crippen molar-refractivity contribution < 1.29 is 4.79 Å². The number of nitrogens with zero attached hydrogens (tertiary/aromatic N) is 1. The van der Waals surface area contributed by atoms with Crippen molar-refractivity contribution in [1.82, 2.24) is 4.98 Å². The molecule has 112 valence electrons. The van der Waals surface area contributed by atoms with Crippen molar-refractivity contribution in [2.75, 3.05) is 5.73 Å². The molecule has 0 fully saturated rings. The number of carbonyl (C=O) groups is 1. The number of nitrogen functional groups attached to an aromatic ring is 1. The highest BCUT2D eigenvalue weighted by atomic mass is 32.1. The largest absolute Gasteiger partial charge is 0.397 e. The van der Waals surface area contributed by atoms with Crippen LogP contribution in [-0.4, -0.2) is 10.8 Å². The molecular weight excluding hydrogens is 292 g/mol. The first kappa shape index (κ1) is 14.7. The Morgan fingerprint density at radius 2 is 1.95 bits per heavy atom. The number of fused-ring (bicyclic) bond motifs is 1. The zero-order valence-corrected chi connectivity index (χ0v) is 13.3. The summed E-state index contributed by atoms with van der Waals surface area (Å²) in [6, 6.07) is 13.2. The number of benzene rings is 1. The summed E-state index contributed by atoms with van der Waals surface area (Å²) < 4.78 is 0. The van der Waals surface area contributed by atoms with E-state index in [4.69, 9.17) is 5.73 Å². The summed E-state index contributed by atoms with van der Waals surface area (Å²) in [6.07, 6.45) is 3.23. The minimum Gasteiger partial charge on any atom is -0.397 e. The molecule has 0 saturated carbocycles. The Balaban J connectivity index is 2.00. The van der Waals surface area contributed by atoms with E-state index in [1.54, 1.807) is 0 Å². The van der Waals surface area contributed by atoms with E-state index in [0.717, 1.165) is 35.2 Å². The van der Waals surface area contributed by atoms with Gasteiger partial charge in [0.05, 0.1) is 5.69 Å². The van der Waals surface area contributed by atoms with Gasteiger partial charge in [0.15, 0.2) is 0 Å². The fourth-order valence-electron chi connectivity index (χ4n) is 2.42. The molecule has 2 N–H and O–H groups in total. The number of ketones is 1. The van der Waals surface area contributed by atoms with Crippen molar-refractivity contribution in [3.05, 3.63) is 58.6 Å². The van der Waals surface area contributed by atoms with Gasteiger partial charge in [-0.05, 0) is 25.0 Å². The number of carbonyl (C=O) groups excluding carboxylic acids is 1. The number of hydrogen-bond acceptors (Lipinski definition) is 4. The van der Waals surface area contributed by atoms with Gasteiger partial charge in [-0.15, -0.1) is 11.3 Å². The third kappa shape index (κ3) is 2.74. The maximum Gasteiger partial charge on any atom is 0.205 e. The Morgan fingerprint density at radius 1 is 1.18 bits per heavy atom. The summed E-state index contributed by atoms with van der Waals surface area (Å²) in [5.41, 5.74) is 8.45. The highest BCUT2D eigenvalue weighted by Gasteiger charge is 2.18. The number of anilines is 1. The van der Waals surface area contributed by atoms with E-state index < -0.39 is 0 Å². The van der Waals surface area contributed by atoms with Crippen LogP contribution in [0.4, 0.5) is 5.69 Å². The van der Waals surface area contributed by atoms with Crippen LogP contribution in [-0.2, 0) is 6.42 Å². The van der Waals surface area contributed by atoms with Gasteiger partial charge in [0.2, 0.25) is 5.78 Å². The average Bonchev–Trinajstić information content (AvgIpc) is 2.89. The van der Waals surface area contributed by atoms with Crippen molar-refractivity contribution >= 4 is 33.0 Å². The highest BCUT2D eigenvalue weighted by Crippen LogP contribution is 2.34. The third-order valence-corrected chi connectivity index (χ3v) is 4.79. The molecule has 0 amide bonds. The Hall–Kier alpha value is -2.20. The van der Waals surface area contributed by atoms with Gasteiger partial charge in [-0.3, -0.25) is 4.79 Å². The molecule has 4 heteroatoms. The monoisotopic (exact) mass is 310 g/mol. The van der Waals surface area contributed by atoms with Gasteiger partial charge >= 0.3 is 0 Å². The van der Waals surface area contributed by atoms with Gasteiger partial charge in [-0.25, -0.2) is 4.98 Å². The lowest BCUT2D eigenvalue weighted by molar-refractivity contribution is 0.104. The van der Waals surface area contributed by atoms with E-state index in [0.29, 0.717) is 16.1 Å². The third-order valence-electron chi connectivity index (χ3n) is 3.68. The molecule has 3 aromatic rings. The fraction of sp³-hybridized carbons (Fsp3) is 0.222. The Labute approximate surface area is 133 Å². The first-order chi connectivity index (χ1) is 10.7. The lowest BCUT2D eigenvalue weighted by atomic mass is 10.1. The molecule has 3 nitrogen and oxygen atoms in total. The van der Waals surface area contributed by atoms with Gasteiger partial charge in [0.1, 0.15) is 9.71 Å². The average molecular weight is 310 g/mol. The summed E-state index contributed by atoms with van der Waals surface area (Å²) in [5, 5.41) is 0.879. The number of hydrogen-bond donors (Lipinski definition) is 1. The second kappa shape index (κ2) is 6.28. The van der Waals surface area contributed by atoms with Gasteiger partial charge in [-0.2, -0.15) is 0 Å². The maximum atomic E-state index is 12.6. The van der Waals surface area contributed by atoms with E-state index in [9.17, 15) is 4.79 Å². The van der Waals surface area contributed by atoms with Crippen LogP contribution in [0.5, 0.6) is 0 Å². The predicted octanol–water partition coefficient (Wildman–Crippen LogP) is 4.45. The van der Waals surface area contributed by atoms with Crippen LogP contribution in [0.25, 0.3) is 10.2 Å². The number of unbranched alkanes of at least 4 members (excludes halogenated alkanes) is 1. The van der Waals surface area contributed by atoms with Crippen LogP contribution in [0.1, 0.15) is 40.7 Å². The molecule has 0 spiro atoms. The number of nitrogens with two attached hydrogens (primary N) is 1. The van der Waals surface area contributed by atoms with Crippen LogP contribution >= 0.6 is 11.3 Å². The highest BCUT2D eigenvalue weighted by molar-refractivity contribution is 7.21. The molecule has 0 bridgehead atoms. The Morgan fingerprint density at radius 3 is 2.68 bits per heavy atom. The topological polar surface area (TPSA) is 56.0 Å². The van der Waals surface area contributed by atoms with Crippen molar-refractivity contribution in [2.45, 2.75) is 26.2 Å². The quantitative estimate of drug-likeness (QED) is 0.708. The summed E-state index contributed by atoms with van der Waals surface area (Å²) in [4.78, 5) is 18.7. The number of pyridine rings is 1. The molecule has 2 heterocycles. The Kier molecular flexibility index (Phi) is 4.20. The molecule has 1 aromatic carbocycles. The van der Waals surface area contributed by atoms with Gasteiger partial charge in [0, 0.05) is 16.6 Å². The second-order valence-corrected chi connectivity index (χ2v) is 6.30. The maximum absolute atomic E-state index is 12.6. The van der Waals surface area contributed by atoms with Crippen LogP contribution in [0.2, 0.25) is 0 Å². The van der Waals surface area contributed by atoms with Crippen molar-refractivity contribution in [3.63, 3.8) is 0 Å². The molecule has 0 saturated heterocycles. The van der Waals surface area contributed by atoms with E-state index in [1.807, 2.05) is 42.5 Å². The van der Waals surface area contributed by atoms with Crippen molar-refractivity contribution in [1.29, 1.82) is 0 Å². The lowest BCUT2D eigenvalue weighted by Gasteiger charge is -1.99. The molecule has 2 aromatic heterocycles. The van der Waals surface area contributed by atoms with Gasteiger partial charge in [0.25, 0.3) is 0 Å². The van der Waals surface area contributed by atoms with E-state index in [2.05, 4.69) is 11.9 Å². The smallest absolute Gasteiger partial charge is 0.205 e. The number of rotatable bonds is 5. The minimum absolute atomic E-state index is 0.0313. The zero-order valence-electron chi connectivity index (χ0n) is 12.5. The number of aromatic nitrogens is 1. The van der Waals surface area contributed by atoms with Crippen LogP contribution in [0, 0.1) is 0 Å². The first-order valence-electron chi connectivity index (χ1n) is 7.48. The standard InChI is InChI=1S/C18H18N2OS/c1-2-3-9-13-10-11-14-15(19)17(22-18(14)20-13)16(21)12-7-5-4-6-8-12/h4-8,10-11H,2-3,9,19H2,1H3. The van der Waals surface area contributed by atoms with Crippen molar-refractivity contribution in [2.24, 2.45) is 0 Å². The molecule has 0 unspecified atom stereocenters. The number of aryl methyl sites for hydroxylation is 1. The summed E-state index contributed by atoms with van der Waals surface area (Å²) in [5.74, 6) is -0.0313. The molecule has 22 heavy (non-hydrogen) atoms. The van der Waals surface area contributed by atoms with Crippen LogP contribution in [0.3, 0.4) is 0 Å². The summed E-state index contributed by atoms with van der Waals surface area (Å²) >= 11 is 1.39. The van der Waals surface area contributed by atoms with Gasteiger partial charge in [-0.1, -0.05) is 43.7 Å². The molecule has 0 radical (unpaired) electrons. The molecular formula is C18H18N2OS. The van der Waals surface area contributed by atoms with Crippen molar-refractivity contribution in [3.8, 4) is 0 Å². The SMILES string of the molecule is CCCCc1ccc2c(N)c(C(=O)c3ccccc3)sc2n1. The zero-order chi connectivity index (χ0) is 15.5. The molecule has 0 atom stereocenters. The molecule has 3 rings (SSSR count). The summed E-state index contributed by atoms with van der Waals surface area (Å²) in [7, 11) is 0. The summed E-state index contributed by atoms with van der Waals surface area (Å²) in [6.45, 7) is 2.16.